The first kappa shape index (κ1) is 16.7. The summed E-state index contributed by atoms with van der Waals surface area (Å²) < 4.78 is 5.62. The minimum Gasteiger partial charge on any atom is -0.491 e. The van der Waals surface area contributed by atoms with Crippen molar-refractivity contribution >= 4 is 5.78 Å². The first-order valence-electron chi connectivity index (χ1n) is 7.56. The molecule has 3 nitrogen and oxygen atoms in total. The molecule has 0 radical (unpaired) electrons. The highest BCUT2D eigenvalue weighted by atomic mass is 16.5. The molecule has 0 aliphatic carbocycles. The minimum atomic E-state index is 0.120. The Morgan fingerprint density at radius 2 is 2.05 bits per heavy atom. The van der Waals surface area contributed by atoms with Gasteiger partial charge >= 0.3 is 0 Å². The van der Waals surface area contributed by atoms with Crippen molar-refractivity contribution in [2.45, 2.75) is 52.6 Å². The average Bonchev–Trinajstić information content (AvgIpc) is 2.42. The van der Waals surface area contributed by atoms with Crippen molar-refractivity contribution in [2.75, 3.05) is 6.54 Å². The van der Waals surface area contributed by atoms with E-state index in [0.717, 1.165) is 30.6 Å². The van der Waals surface area contributed by atoms with Gasteiger partial charge in [-0.2, -0.15) is 0 Å². The number of ether oxygens (including phenoxy) is 1. The normalized spacial score (nSPS) is 12.4. The van der Waals surface area contributed by atoms with Gasteiger partial charge in [0.1, 0.15) is 5.75 Å². The van der Waals surface area contributed by atoms with Gasteiger partial charge in [-0.15, -0.1) is 0 Å². The summed E-state index contributed by atoms with van der Waals surface area (Å²) in [5.41, 5.74) is 6.33. The van der Waals surface area contributed by atoms with Gasteiger partial charge in [-0.3, -0.25) is 4.79 Å². The summed E-state index contributed by atoms with van der Waals surface area (Å²) in [4.78, 5) is 12.2. The molecule has 0 saturated carbocycles. The van der Waals surface area contributed by atoms with Crippen molar-refractivity contribution in [1.82, 2.24) is 0 Å². The molecule has 1 aromatic carbocycles. The molecular weight excluding hydrogens is 250 g/mol. The van der Waals surface area contributed by atoms with Gasteiger partial charge in [0.2, 0.25) is 0 Å². The Bertz CT molecular complexity index is 415. The van der Waals surface area contributed by atoms with E-state index in [1.54, 1.807) is 0 Å². The van der Waals surface area contributed by atoms with Crippen molar-refractivity contribution in [3.8, 4) is 5.75 Å². The molecule has 1 rings (SSSR count). The maximum atomic E-state index is 12.2. The number of rotatable bonds is 9. The van der Waals surface area contributed by atoms with Gasteiger partial charge in [-0.05, 0) is 51.3 Å². The average molecular weight is 277 g/mol. The lowest BCUT2D eigenvalue weighted by molar-refractivity contribution is 0.0972. The highest BCUT2D eigenvalue weighted by molar-refractivity contribution is 5.96. The number of benzene rings is 1. The van der Waals surface area contributed by atoms with Crippen LogP contribution in [0.5, 0.6) is 5.75 Å². The summed E-state index contributed by atoms with van der Waals surface area (Å²) in [6.45, 7) is 6.81. The molecule has 112 valence electrons. The predicted octanol–water partition coefficient (Wildman–Crippen LogP) is 3.81. The van der Waals surface area contributed by atoms with Crippen LogP contribution in [0.3, 0.4) is 0 Å². The molecule has 0 aliphatic heterocycles. The molecule has 1 unspecified atom stereocenters. The predicted molar refractivity (Wildman–Crippen MR) is 83.2 cm³/mol. The Morgan fingerprint density at radius 3 is 2.65 bits per heavy atom. The second kappa shape index (κ2) is 8.75. The van der Waals surface area contributed by atoms with E-state index < -0.39 is 0 Å². The molecule has 3 heteroatoms. The van der Waals surface area contributed by atoms with Crippen LogP contribution < -0.4 is 10.5 Å². The molecule has 0 saturated heterocycles. The highest BCUT2D eigenvalue weighted by Crippen LogP contribution is 2.20. The van der Waals surface area contributed by atoms with Crippen LogP contribution in [0, 0.1) is 5.92 Å². The molecule has 0 aromatic heterocycles. The number of carbonyl (C=O) groups is 1. The molecule has 0 aliphatic rings. The molecule has 0 amide bonds. The summed E-state index contributed by atoms with van der Waals surface area (Å²) in [5, 5.41) is 0. The molecule has 1 aromatic rings. The monoisotopic (exact) mass is 277 g/mol. The smallest absolute Gasteiger partial charge is 0.163 e. The fourth-order valence-corrected chi connectivity index (χ4v) is 2.28. The number of ketones is 1. The highest BCUT2D eigenvalue weighted by Gasteiger charge is 2.11. The first-order chi connectivity index (χ1) is 9.56. The molecule has 2 N–H and O–H groups in total. The van der Waals surface area contributed by atoms with Gasteiger partial charge in [0.05, 0.1) is 6.10 Å². The number of hydrogen-bond acceptors (Lipinski definition) is 3. The van der Waals surface area contributed by atoms with E-state index in [1.165, 1.54) is 0 Å². The van der Waals surface area contributed by atoms with E-state index >= 15 is 0 Å². The number of hydrogen-bond donors (Lipinski definition) is 1. The van der Waals surface area contributed by atoms with E-state index in [0.29, 0.717) is 18.9 Å². The topological polar surface area (TPSA) is 52.3 Å². The molecule has 20 heavy (non-hydrogen) atoms. The maximum absolute atomic E-state index is 12.2. The molecule has 0 heterocycles. The first-order valence-corrected chi connectivity index (χ1v) is 7.56. The van der Waals surface area contributed by atoms with Gasteiger partial charge in [-0.1, -0.05) is 25.5 Å². The fraction of sp³-hybridized carbons (Fsp3) is 0.588. The fourth-order valence-electron chi connectivity index (χ4n) is 2.28. The Kier molecular flexibility index (Phi) is 7.31. The van der Waals surface area contributed by atoms with E-state index in [2.05, 4.69) is 6.92 Å². The SMILES string of the molecule is CCC(CCN)CCC(=O)c1cccc(OC(C)C)c1. The number of Topliss-reactive ketones (excluding diaryl/α,β-unsaturated/α-hetero) is 1. The third-order valence-corrected chi connectivity index (χ3v) is 3.46. The lowest BCUT2D eigenvalue weighted by atomic mass is 9.94. The van der Waals surface area contributed by atoms with Gasteiger partial charge in [0, 0.05) is 12.0 Å². The summed E-state index contributed by atoms with van der Waals surface area (Å²) in [5.74, 6) is 1.51. The van der Waals surface area contributed by atoms with E-state index in [9.17, 15) is 4.79 Å². The van der Waals surface area contributed by atoms with Crippen molar-refractivity contribution < 1.29 is 9.53 Å². The lowest BCUT2D eigenvalue weighted by Gasteiger charge is -2.13. The van der Waals surface area contributed by atoms with Crippen LogP contribution in [-0.2, 0) is 0 Å². The Hall–Kier alpha value is -1.35. The van der Waals surface area contributed by atoms with Crippen molar-refractivity contribution in [3.63, 3.8) is 0 Å². The van der Waals surface area contributed by atoms with Gasteiger partial charge in [0.25, 0.3) is 0 Å². The van der Waals surface area contributed by atoms with Crippen LogP contribution >= 0.6 is 0 Å². The zero-order chi connectivity index (χ0) is 15.0. The van der Waals surface area contributed by atoms with Crippen LogP contribution in [0.1, 0.15) is 56.8 Å². The summed E-state index contributed by atoms with van der Waals surface area (Å²) in [7, 11) is 0. The van der Waals surface area contributed by atoms with Gasteiger partial charge in [-0.25, -0.2) is 0 Å². The van der Waals surface area contributed by atoms with Crippen LogP contribution in [-0.4, -0.2) is 18.4 Å². The maximum Gasteiger partial charge on any atom is 0.163 e. The van der Waals surface area contributed by atoms with Crippen molar-refractivity contribution in [1.29, 1.82) is 0 Å². The third-order valence-electron chi connectivity index (χ3n) is 3.46. The van der Waals surface area contributed by atoms with Crippen LogP contribution in [0.15, 0.2) is 24.3 Å². The summed E-state index contributed by atoms with van der Waals surface area (Å²) >= 11 is 0. The zero-order valence-corrected chi connectivity index (χ0v) is 12.9. The summed E-state index contributed by atoms with van der Waals surface area (Å²) in [6.07, 6.45) is 3.71. The van der Waals surface area contributed by atoms with E-state index in [4.69, 9.17) is 10.5 Å². The number of nitrogens with two attached hydrogens (primary N) is 1. The largest absolute Gasteiger partial charge is 0.491 e. The molecule has 0 spiro atoms. The molecule has 1 atom stereocenters. The third kappa shape index (κ3) is 5.74. The van der Waals surface area contributed by atoms with Crippen LogP contribution in [0.4, 0.5) is 0 Å². The molecule has 0 bridgehead atoms. The van der Waals surface area contributed by atoms with E-state index in [-0.39, 0.29) is 11.9 Å². The Morgan fingerprint density at radius 1 is 1.30 bits per heavy atom. The summed E-state index contributed by atoms with van der Waals surface area (Å²) in [6, 6.07) is 7.47. The van der Waals surface area contributed by atoms with E-state index in [1.807, 2.05) is 38.1 Å². The lowest BCUT2D eigenvalue weighted by Crippen LogP contribution is -2.10. The Balaban J connectivity index is 2.58. The Labute approximate surface area is 122 Å². The van der Waals surface area contributed by atoms with Gasteiger partial charge < -0.3 is 10.5 Å². The second-order valence-electron chi connectivity index (χ2n) is 5.51. The zero-order valence-electron chi connectivity index (χ0n) is 12.9. The van der Waals surface area contributed by atoms with Gasteiger partial charge in [0.15, 0.2) is 5.78 Å². The van der Waals surface area contributed by atoms with Crippen LogP contribution in [0.2, 0.25) is 0 Å². The molecular formula is C17H27NO2. The number of carbonyl (C=O) groups excluding carboxylic acids is 1. The quantitative estimate of drug-likeness (QED) is 0.698. The van der Waals surface area contributed by atoms with Crippen molar-refractivity contribution in [3.05, 3.63) is 29.8 Å². The molecule has 0 fully saturated rings. The van der Waals surface area contributed by atoms with Crippen molar-refractivity contribution in [2.24, 2.45) is 11.7 Å². The van der Waals surface area contributed by atoms with Crippen LogP contribution in [0.25, 0.3) is 0 Å². The minimum absolute atomic E-state index is 0.120. The standard InChI is InChI=1S/C17H27NO2/c1-4-14(10-11-18)8-9-17(19)15-6-5-7-16(12-15)20-13(2)3/h5-7,12-14H,4,8-11,18H2,1-3H3. The second-order valence-corrected chi connectivity index (χ2v) is 5.51.